The van der Waals surface area contributed by atoms with Crippen LogP contribution in [0, 0.1) is 0 Å². The van der Waals surface area contributed by atoms with Gasteiger partial charge in [-0.1, -0.05) is 13.8 Å². The molecule has 0 aromatic carbocycles. The number of imidazole rings is 1. The molecule has 2 rings (SSSR count). The SMILES string of the molecule is CC(C)c1cn2cc(Br)c(=O)n(C)c2n1. The van der Waals surface area contributed by atoms with Gasteiger partial charge in [-0.05, 0) is 21.8 Å². The molecule has 0 saturated heterocycles. The summed E-state index contributed by atoms with van der Waals surface area (Å²) in [6.07, 6.45) is 3.70. The van der Waals surface area contributed by atoms with E-state index in [-0.39, 0.29) is 5.56 Å². The van der Waals surface area contributed by atoms with Crippen LogP contribution in [0.25, 0.3) is 5.78 Å². The van der Waals surface area contributed by atoms with Gasteiger partial charge in [0.25, 0.3) is 5.56 Å². The van der Waals surface area contributed by atoms with Gasteiger partial charge in [0, 0.05) is 19.4 Å². The largest absolute Gasteiger partial charge is 0.291 e. The van der Waals surface area contributed by atoms with Gasteiger partial charge >= 0.3 is 0 Å². The predicted octanol–water partition coefficient (Wildman–Crippen LogP) is 1.92. The van der Waals surface area contributed by atoms with Gasteiger partial charge in [0.05, 0.1) is 10.2 Å². The minimum absolute atomic E-state index is 0.0663. The van der Waals surface area contributed by atoms with E-state index in [4.69, 9.17) is 0 Å². The topological polar surface area (TPSA) is 39.3 Å². The quantitative estimate of drug-likeness (QED) is 0.794. The Morgan fingerprint density at radius 2 is 2.07 bits per heavy atom. The Morgan fingerprint density at radius 1 is 1.40 bits per heavy atom. The van der Waals surface area contributed by atoms with E-state index < -0.39 is 0 Å². The summed E-state index contributed by atoms with van der Waals surface area (Å²) in [5.41, 5.74) is 0.923. The van der Waals surface area contributed by atoms with Crippen LogP contribution >= 0.6 is 15.9 Å². The molecular weight excluding hydrogens is 258 g/mol. The zero-order chi connectivity index (χ0) is 11.2. The molecule has 2 aromatic rings. The lowest BCUT2D eigenvalue weighted by Gasteiger charge is -2.00. The monoisotopic (exact) mass is 269 g/mol. The van der Waals surface area contributed by atoms with Crippen molar-refractivity contribution in [2.45, 2.75) is 19.8 Å². The van der Waals surface area contributed by atoms with Crippen molar-refractivity contribution >= 4 is 21.7 Å². The van der Waals surface area contributed by atoms with Crippen LogP contribution in [-0.2, 0) is 7.05 Å². The third kappa shape index (κ3) is 1.61. The van der Waals surface area contributed by atoms with Crippen LogP contribution in [0.5, 0.6) is 0 Å². The third-order valence-electron chi connectivity index (χ3n) is 2.38. The highest BCUT2D eigenvalue weighted by Gasteiger charge is 2.10. The van der Waals surface area contributed by atoms with E-state index in [1.165, 1.54) is 4.57 Å². The van der Waals surface area contributed by atoms with Crippen LogP contribution < -0.4 is 5.56 Å². The van der Waals surface area contributed by atoms with Crippen molar-refractivity contribution < 1.29 is 0 Å². The molecule has 4 nitrogen and oxygen atoms in total. The molecule has 0 spiro atoms. The second-order valence-corrected chi connectivity index (χ2v) is 4.72. The predicted molar refractivity (Wildman–Crippen MR) is 62.2 cm³/mol. The van der Waals surface area contributed by atoms with Crippen molar-refractivity contribution in [2.75, 3.05) is 0 Å². The van der Waals surface area contributed by atoms with Gasteiger partial charge in [-0.3, -0.25) is 13.8 Å². The van der Waals surface area contributed by atoms with Gasteiger partial charge in [0.15, 0.2) is 0 Å². The fourth-order valence-corrected chi connectivity index (χ4v) is 1.94. The Labute approximate surface area is 95.7 Å². The summed E-state index contributed by atoms with van der Waals surface area (Å²) < 4.78 is 3.95. The molecule has 0 unspecified atom stereocenters. The smallest absolute Gasteiger partial charge is 0.268 e. The first-order chi connectivity index (χ1) is 7.00. The molecule has 2 aromatic heterocycles. The van der Waals surface area contributed by atoms with Crippen molar-refractivity contribution in [1.82, 2.24) is 14.0 Å². The minimum atomic E-state index is -0.0663. The van der Waals surface area contributed by atoms with E-state index in [9.17, 15) is 4.79 Å². The Morgan fingerprint density at radius 3 is 2.67 bits per heavy atom. The van der Waals surface area contributed by atoms with Gasteiger partial charge in [-0.15, -0.1) is 0 Å². The second-order valence-electron chi connectivity index (χ2n) is 3.87. The fraction of sp³-hybridized carbons (Fsp3) is 0.400. The third-order valence-corrected chi connectivity index (χ3v) is 2.93. The highest BCUT2D eigenvalue weighted by Crippen LogP contribution is 2.14. The van der Waals surface area contributed by atoms with Crippen molar-refractivity contribution in [3.05, 3.63) is 32.9 Å². The standard InChI is InChI=1S/C10H12BrN3O/c1-6(2)8-5-14-4-7(11)9(15)13(3)10(14)12-8/h4-6H,1-3H3. The van der Waals surface area contributed by atoms with Crippen LogP contribution in [-0.4, -0.2) is 14.0 Å². The summed E-state index contributed by atoms with van der Waals surface area (Å²) in [5, 5.41) is 0. The van der Waals surface area contributed by atoms with Crippen molar-refractivity contribution in [3.63, 3.8) is 0 Å². The Kier molecular flexibility index (Phi) is 2.42. The van der Waals surface area contributed by atoms with Gasteiger partial charge in [-0.2, -0.15) is 0 Å². The highest BCUT2D eigenvalue weighted by molar-refractivity contribution is 9.10. The number of aromatic nitrogens is 3. The summed E-state index contributed by atoms with van der Waals surface area (Å²) >= 11 is 3.23. The molecule has 0 atom stereocenters. The van der Waals surface area contributed by atoms with Crippen LogP contribution in [0.2, 0.25) is 0 Å². The molecule has 80 valence electrons. The lowest BCUT2D eigenvalue weighted by Crippen LogP contribution is -2.19. The Hall–Kier alpha value is -1.10. The Balaban J connectivity index is 2.82. The van der Waals surface area contributed by atoms with E-state index in [0.29, 0.717) is 16.2 Å². The molecule has 2 heterocycles. The number of hydrogen-bond donors (Lipinski definition) is 0. The molecule has 0 bridgehead atoms. The first-order valence-electron chi connectivity index (χ1n) is 4.75. The lowest BCUT2D eigenvalue weighted by atomic mass is 10.2. The number of aryl methyl sites for hydroxylation is 1. The number of halogens is 1. The van der Waals surface area contributed by atoms with Crippen LogP contribution in [0.3, 0.4) is 0 Å². The van der Waals surface area contributed by atoms with E-state index in [1.54, 1.807) is 13.2 Å². The molecule has 0 fully saturated rings. The second kappa shape index (κ2) is 3.48. The van der Waals surface area contributed by atoms with Gasteiger partial charge in [0.2, 0.25) is 5.78 Å². The Bertz CT molecular complexity index is 568. The number of rotatable bonds is 1. The molecule has 0 amide bonds. The first-order valence-corrected chi connectivity index (χ1v) is 5.54. The lowest BCUT2D eigenvalue weighted by molar-refractivity contribution is 0.818. The maximum Gasteiger partial charge on any atom is 0.268 e. The summed E-state index contributed by atoms with van der Waals surface area (Å²) in [7, 11) is 1.72. The summed E-state index contributed by atoms with van der Waals surface area (Å²) in [4.78, 5) is 16.0. The molecule has 0 N–H and O–H groups in total. The zero-order valence-corrected chi connectivity index (χ0v) is 10.4. The number of hydrogen-bond acceptors (Lipinski definition) is 2. The number of nitrogens with zero attached hydrogens (tertiary/aromatic N) is 3. The van der Waals surface area contributed by atoms with Crippen molar-refractivity contribution in [1.29, 1.82) is 0 Å². The van der Waals surface area contributed by atoms with Gasteiger partial charge in [0.1, 0.15) is 0 Å². The molecule has 0 saturated carbocycles. The normalized spacial score (nSPS) is 11.5. The maximum absolute atomic E-state index is 11.6. The summed E-state index contributed by atoms with van der Waals surface area (Å²) in [5.74, 6) is 1.03. The average Bonchev–Trinajstić information content (AvgIpc) is 2.58. The van der Waals surface area contributed by atoms with E-state index >= 15 is 0 Å². The van der Waals surface area contributed by atoms with E-state index in [0.717, 1.165) is 5.69 Å². The van der Waals surface area contributed by atoms with Crippen LogP contribution in [0.4, 0.5) is 0 Å². The van der Waals surface area contributed by atoms with Gasteiger partial charge < -0.3 is 0 Å². The number of fused-ring (bicyclic) bond motifs is 1. The first kappa shape index (κ1) is 10.4. The maximum atomic E-state index is 11.6. The minimum Gasteiger partial charge on any atom is -0.291 e. The molecule has 5 heteroatoms. The molecule has 0 aliphatic rings. The fourth-order valence-electron chi connectivity index (χ4n) is 1.45. The van der Waals surface area contributed by atoms with Crippen molar-refractivity contribution in [3.8, 4) is 0 Å². The average molecular weight is 270 g/mol. The van der Waals surface area contributed by atoms with E-state index in [1.807, 2.05) is 10.6 Å². The molecule has 0 aliphatic heterocycles. The van der Waals surface area contributed by atoms with Gasteiger partial charge in [-0.25, -0.2) is 4.98 Å². The molecule has 0 aliphatic carbocycles. The summed E-state index contributed by atoms with van der Waals surface area (Å²) in [6, 6.07) is 0. The molecule has 15 heavy (non-hydrogen) atoms. The highest BCUT2D eigenvalue weighted by atomic mass is 79.9. The summed E-state index contributed by atoms with van der Waals surface area (Å²) in [6.45, 7) is 4.16. The van der Waals surface area contributed by atoms with E-state index in [2.05, 4.69) is 34.8 Å². The molecular formula is C10H12BrN3O. The zero-order valence-electron chi connectivity index (χ0n) is 8.86. The van der Waals surface area contributed by atoms with Crippen LogP contribution in [0.1, 0.15) is 25.5 Å². The van der Waals surface area contributed by atoms with Crippen LogP contribution in [0.15, 0.2) is 21.7 Å². The molecule has 0 radical (unpaired) electrons. The van der Waals surface area contributed by atoms with Crippen molar-refractivity contribution in [2.24, 2.45) is 7.05 Å².